The number of piperidine rings is 2. The smallest absolute Gasteiger partial charge is 0.103 e. The molecule has 2 aromatic rings. The standard InChI is InChI=1S/C44H50N4O2/c1-3-17-47-19-15-43-35-9-5-7-11-37(35)45-26-34-32-24-40-44(16-20-48(40,18-4-2)28-30(32)14-22-50)36-10-6-8-12-38(36)46(42(34)44)25-33(41(43)45)31(23-39(43)47)29(27-47)13-21-49/h3-14,25-26,31-32,39-42,49-50H,1-2,15-24,27-28H2/q+2/b29-13+,30-14+,33-25-,34-26-/t31-,32+,39-,40+,41?,42?,43-,44-,47+,48+/m1/s1. The van der Waals surface area contributed by atoms with Crippen molar-refractivity contribution in [1.29, 1.82) is 0 Å². The first-order valence-corrected chi connectivity index (χ1v) is 19.2. The molecule has 4 bridgehead atoms. The molecule has 50 heavy (non-hydrogen) atoms. The molecule has 0 amide bonds. The van der Waals surface area contributed by atoms with Crippen LogP contribution >= 0.6 is 0 Å². The molecule has 7 aliphatic heterocycles. The Hall–Kier alpha value is -3.68. The summed E-state index contributed by atoms with van der Waals surface area (Å²) in [5.74, 6) is 0.615. The fourth-order valence-electron chi connectivity index (χ4n) is 14.6. The molecule has 6 fully saturated rings. The van der Waals surface area contributed by atoms with Gasteiger partial charge in [0.05, 0.1) is 62.3 Å². The maximum absolute atomic E-state index is 10.5. The maximum atomic E-state index is 10.5. The molecule has 0 radical (unpaired) electrons. The summed E-state index contributed by atoms with van der Waals surface area (Å²) in [6.07, 6.45) is 18.6. The van der Waals surface area contributed by atoms with Gasteiger partial charge in [-0.05, 0) is 57.7 Å². The average molecular weight is 667 g/mol. The van der Waals surface area contributed by atoms with Gasteiger partial charge in [-0.15, -0.1) is 0 Å². The lowest BCUT2D eigenvalue weighted by molar-refractivity contribution is -0.937. The summed E-state index contributed by atoms with van der Waals surface area (Å²) in [5, 5.41) is 20.9. The zero-order valence-electron chi connectivity index (χ0n) is 29.1. The lowest BCUT2D eigenvalue weighted by atomic mass is 9.56. The highest BCUT2D eigenvalue weighted by Crippen LogP contribution is 2.69. The Morgan fingerprint density at radius 3 is 1.54 bits per heavy atom. The predicted octanol–water partition coefficient (Wildman–Crippen LogP) is 5.48. The van der Waals surface area contributed by atoms with E-state index in [4.69, 9.17) is 0 Å². The zero-order valence-corrected chi connectivity index (χ0v) is 29.1. The summed E-state index contributed by atoms with van der Waals surface area (Å²) in [5.41, 5.74) is 11.8. The largest absolute Gasteiger partial charge is 0.392 e. The lowest BCUT2D eigenvalue weighted by Gasteiger charge is -2.59. The molecule has 4 saturated heterocycles. The molecule has 256 valence electrons. The molecule has 2 spiro atoms. The minimum atomic E-state index is 0.0183. The van der Waals surface area contributed by atoms with Gasteiger partial charge < -0.3 is 29.0 Å². The molecule has 10 atom stereocenters. The van der Waals surface area contributed by atoms with Gasteiger partial charge in [-0.25, -0.2) is 0 Å². The molecule has 11 rings (SSSR count). The molecule has 0 aromatic heterocycles. The Morgan fingerprint density at radius 2 is 1.12 bits per heavy atom. The first-order chi connectivity index (χ1) is 24.5. The van der Waals surface area contributed by atoms with Crippen molar-refractivity contribution in [3.63, 3.8) is 0 Å². The average Bonchev–Trinajstić information content (AvgIpc) is 3.81. The first-order valence-electron chi connectivity index (χ1n) is 19.2. The second-order valence-corrected chi connectivity index (χ2v) is 17.2. The van der Waals surface area contributed by atoms with Crippen molar-refractivity contribution in [3.8, 4) is 0 Å². The number of anilines is 2. The topological polar surface area (TPSA) is 46.9 Å². The normalized spacial score (nSPS) is 45.5. The molecular formula is C44H50N4O2+2. The van der Waals surface area contributed by atoms with E-state index in [1.54, 1.807) is 11.1 Å². The molecule has 2 N–H and O–H groups in total. The summed E-state index contributed by atoms with van der Waals surface area (Å²) in [6, 6.07) is 20.3. The Morgan fingerprint density at radius 1 is 0.680 bits per heavy atom. The van der Waals surface area contributed by atoms with Gasteiger partial charge in [-0.1, -0.05) is 61.7 Å². The summed E-state index contributed by atoms with van der Waals surface area (Å²) < 4.78 is 2.12. The van der Waals surface area contributed by atoms with Gasteiger partial charge in [0, 0.05) is 61.3 Å². The van der Waals surface area contributed by atoms with Crippen molar-refractivity contribution in [1.82, 2.24) is 0 Å². The summed E-state index contributed by atoms with van der Waals surface area (Å²) in [4.78, 5) is 5.54. The van der Waals surface area contributed by atoms with Crippen LogP contribution in [0, 0.1) is 11.8 Å². The van der Waals surface area contributed by atoms with Crippen LogP contribution < -0.4 is 9.80 Å². The number of quaternary nitrogens is 2. The van der Waals surface area contributed by atoms with Crippen LogP contribution in [0.3, 0.4) is 0 Å². The third-order valence-corrected chi connectivity index (χ3v) is 15.9. The van der Waals surface area contributed by atoms with E-state index in [-0.39, 0.29) is 36.1 Å². The van der Waals surface area contributed by atoms with Gasteiger partial charge in [-0.2, -0.15) is 0 Å². The van der Waals surface area contributed by atoms with E-state index in [1.807, 2.05) is 0 Å². The molecule has 9 aliphatic rings. The molecule has 6 nitrogen and oxygen atoms in total. The highest BCUT2D eigenvalue weighted by atomic mass is 16.3. The van der Waals surface area contributed by atoms with E-state index < -0.39 is 0 Å². The number of aliphatic hydroxyl groups excluding tert-OH is 2. The number of hydrogen-bond acceptors (Lipinski definition) is 4. The fraction of sp³-hybridized carbons (Fsp3) is 0.455. The van der Waals surface area contributed by atoms with E-state index in [9.17, 15) is 10.2 Å². The number of nitrogens with zero attached hydrogens (tertiary/aromatic N) is 4. The summed E-state index contributed by atoms with van der Waals surface area (Å²) in [7, 11) is 0. The lowest BCUT2D eigenvalue weighted by Crippen LogP contribution is -2.69. The van der Waals surface area contributed by atoms with Crippen LogP contribution in [-0.4, -0.2) is 95.8 Å². The Bertz CT molecular complexity index is 1850. The molecular weight excluding hydrogens is 617 g/mol. The maximum Gasteiger partial charge on any atom is 0.103 e. The zero-order chi connectivity index (χ0) is 33.6. The van der Waals surface area contributed by atoms with E-state index in [2.05, 4.69) is 108 Å². The number of para-hydroxylation sites is 2. The van der Waals surface area contributed by atoms with Gasteiger partial charge >= 0.3 is 0 Å². The first kappa shape index (κ1) is 30.0. The van der Waals surface area contributed by atoms with Gasteiger partial charge in [0.2, 0.25) is 0 Å². The van der Waals surface area contributed by atoms with E-state index >= 15 is 0 Å². The Labute approximate surface area is 296 Å². The Kier molecular flexibility index (Phi) is 6.00. The van der Waals surface area contributed by atoms with Gasteiger partial charge in [-0.3, -0.25) is 0 Å². The third kappa shape index (κ3) is 3.24. The molecule has 2 aromatic carbocycles. The van der Waals surface area contributed by atoms with Crippen LogP contribution in [0.5, 0.6) is 0 Å². The Balaban J connectivity index is 1.22. The highest BCUT2D eigenvalue weighted by molar-refractivity contribution is 5.77. The minimum absolute atomic E-state index is 0.0183. The number of aliphatic hydroxyl groups is 2. The highest BCUT2D eigenvalue weighted by Gasteiger charge is 2.75. The minimum Gasteiger partial charge on any atom is -0.392 e. The quantitative estimate of drug-likeness (QED) is 0.317. The number of benzene rings is 2. The monoisotopic (exact) mass is 666 g/mol. The van der Waals surface area contributed by atoms with E-state index in [0.29, 0.717) is 23.9 Å². The van der Waals surface area contributed by atoms with Crippen molar-refractivity contribution in [2.45, 2.75) is 60.7 Å². The van der Waals surface area contributed by atoms with Crippen LogP contribution in [0.1, 0.15) is 36.8 Å². The summed E-state index contributed by atoms with van der Waals surface area (Å²) in [6.45, 7) is 15.0. The number of hydrogen-bond donors (Lipinski definition) is 2. The van der Waals surface area contributed by atoms with Gasteiger partial charge in [0.1, 0.15) is 25.2 Å². The molecule has 2 aliphatic carbocycles. The molecule has 2 unspecified atom stereocenters. The van der Waals surface area contributed by atoms with Crippen LogP contribution in [0.15, 0.2) is 121 Å². The molecule has 6 heteroatoms. The molecule has 2 saturated carbocycles. The van der Waals surface area contributed by atoms with Crippen molar-refractivity contribution < 1.29 is 19.2 Å². The number of rotatable bonds is 6. The van der Waals surface area contributed by atoms with E-state index in [0.717, 1.165) is 73.9 Å². The van der Waals surface area contributed by atoms with Crippen molar-refractivity contribution in [2.24, 2.45) is 11.8 Å². The molecule has 7 heterocycles. The van der Waals surface area contributed by atoms with Gasteiger partial charge in [0.15, 0.2) is 0 Å². The number of fused-ring (bicyclic) bond motifs is 8. The van der Waals surface area contributed by atoms with Crippen molar-refractivity contribution in [2.75, 3.05) is 62.3 Å². The van der Waals surface area contributed by atoms with Gasteiger partial charge in [0.25, 0.3) is 0 Å². The van der Waals surface area contributed by atoms with Crippen molar-refractivity contribution >= 4 is 11.4 Å². The third-order valence-electron chi connectivity index (χ3n) is 15.9. The predicted molar refractivity (Wildman–Crippen MR) is 198 cm³/mol. The van der Waals surface area contributed by atoms with Crippen molar-refractivity contribution in [3.05, 3.63) is 132 Å². The SMILES string of the molecule is C=CC[N@@+]12CC[C@]34c5ccccc5N5/C=C6\C7N(/C=C(\C53)[C@H](C[C@H]41)/C(=C/CO)C2)c1ccccc1[C@@]71CC[N@@+]2(CC=C)C/C(=C\CO)[C@@H]6C[C@@H]12. The summed E-state index contributed by atoms with van der Waals surface area (Å²) >= 11 is 0. The fourth-order valence-corrected chi connectivity index (χ4v) is 14.6. The van der Waals surface area contributed by atoms with Crippen LogP contribution in [-0.2, 0) is 10.8 Å². The second kappa shape index (κ2) is 10.0. The van der Waals surface area contributed by atoms with Crippen LogP contribution in [0.4, 0.5) is 11.4 Å². The van der Waals surface area contributed by atoms with Crippen LogP contribution in [0.25, 0.3) is 0 Å². The van der Waals surface area contributed by atoms with E-state index in [1.165, 1.54) is 33.6 Å². The second-order valence-electron chi connectivity index (χ2n) is 17.2. The van der Waals surface area contributed by atoms with Crippen LogP contribution in [0.2, 0.25) is 0 Å².